The SMILES string of the molecule is CS(=O)CBBBBBBBBBBCc1ccc(O)cc1. The lowest BCUT2D eigenvalue weighted by atomic mass is 8.88. The van der Waals surface area contributed by atoms with Crippen molar-refractivity contribution in [2.45, 2.75) is 6.32 Å². The summed E-state index contributed by atoms with van der Waals surface area (Å²) in [4.78, 5) is 0. The Bertz CT molecular complexity index is 419. The van der Waals surface area contributed by atoms with E-state index in [1.165, 1.54) is 69.2 Å². The van der Waals surface area contributed by atoms with Gasteiger partial charge in [-0.2, -0.15) is 0 Å². The van der Waals surface area contributed by atoms with Crippen LogP contribution in [0.5, 0.6) is 5.75 Å². The predicted molar refractivity (Wildman–Crippen MR) is 122 cm³/mol. The van der Waals surface area contributed by atoms with Crippen molar-refractivity contribution in [3.8, 4) is 5.75 Å². The summed E-state index contributed by atoms with van der Waals surface area (Å²) >= 11 is 0. The van der Waals surface area contributed by atoms with Gasteiger partial charge in [0, 0.05) is 73.5 Å². The Kier molecular flexibility index (Phi) is 12.0. The molecule has 1 rings (SSSR count). The molecule has 1 aromatic rings. The van der Waals surface area contributed by atoms with Crippen molar-refractivity contribution in [3.05, 3.63) is 29.8 Å². The van der Waals surface area contributed by atoms with Crippen LogP contribution in [0.4, 0.5) is 0 Å². The quantitative estimate of drug-likeness (QED) is 0.292. The topological polar surface area (TPSA) is 37.3 Å². The molecule has 0 radical (unpaired) electrons. The second kappa shape index (κ2) is 13.3. The maximum atomic E-state index is 10.9. The number of phenols is 1. The zero-order chi connectivity index (χ0) is 16.0. The molecule has 1 unspecified atom stereocenters. The minimum Gasteiger partial charge on any atom is -0.508 e. The fourth-order valence-electron chi connectivity index (χ4n) is 2.71. The second-order valence-electron chi connectivity index (χ2n) is 6.23. The van der Waals surface area contributed by atoms with Crippen LogP contribution < -0.4 is 0 Å². The smallest absolute Gasteiger partial charge is 0.115 e. The fourth-order valence-corrected chi connectivity index (χ4v) is 3.32. The van der Waals surface area contributed by atoms with Crippen molar-refractivity contribution in [2.75, 3.05) is 11.9 Å². The van der Waals surface area contributed by atoms with E-state index in [1.807, 2.05) is 12.1 Å². The van der Waals surface area contributed by atoms with E-state index in [-0.39, 0.29) is 0 Å². The lowest BCUT2D eigenvalue weighted by molar-refractivity contribution is 0.475. The lowest BCUT2D eigenvalue weighted by Gasteiger charge is -1.99. The summed E-state index contributed by atoms with van der Waals surface area (Å²) in [5.74, 6) is 0.353. The van der Waals surface area contributed by atoms with Crippen LogP contribution >= 0.6 is 0 Å². The van der Waals surface area contributed by atoms with Crippen LogP contribution in [0.2, 0.25) is 0 Å². The molecular weight excluding hydrogens is 280 g/mol. The molecule has 0 spiro atoms. The van der Waals surface area contributed by atoms with Crippen molar-refractivity contribution in [2.24, 2.45) is 0 Å². The van der Waals surface area contributed by atoms with Crippen LogP contribution in [0.25, 0.3) is 0 Å². The van der Waals surface area contributed by atoms with Gasteiger partial charge in [0.1, 0.15) is 5.75 Å². The van der Waals surface area contributed by atoms with Gasteiger partial charge in [0.2, 0.25) is 0 Å². The molecule has 0 saturated carbocycles. The molecule has 0 aliphatic heterocycles. The first-order valence-electron chi connectivity index (χ1n) is 8.76. The monoisotopic (exact) mass is 304 g/mol. The Morgan fingerprint density at radius 3 is 1.91 bits per heavy atom. The van der Waals surface area contributed by atoms with Gasteiger partial charge in [0.25, 0.3) is 0 Å². The maximum Gasteiger partial charge on any atom is 0.115 e. The van der Waals surface area contributed by atoms with Crippen molar-refractivity contribution in [3.63, 3.8) is 0 Å². The van der Waals surface area contributed by atoms with E-state index in [1.54, 1.807) is 18.4 Å². The molecule has 13 heteroatoms. The molecule has 1 aromatic carbocycles. The van der Waals surface area contributed by atoms with Gasteiger partial charge in [-0.05, 0) is 17.8 Å². The molecule has 0 aliphatic carbocycles. The molecule has 22 heavy (non-hydrogen) atoms. The third-order valence-corrected chi connectivity index (χ3v) is 4.95. The number of aromatic hydroxyl groups is 1. The van der Waals surface area contributed by atoms with Crippen LogP contribution in [0.3, 0.4) is 0 Å². The van der Waals surface area contributed by atoms with E-state index >= 15 is 0 Å². The highest BCUT2D eigenvalue weighted by Gasteiger charge is 2.03. The Labute approximate surface area is 144 Å². The van der Waals surface area contributed by atoms with Crippen molar-refractivity contribution < 1.29 is 9.32 Å². The molecule has 0 aliphatic rings. The summed E-state index contributed by atoms with van der Waals surface area (Å²) in [7, 11) is 12.4. The summed E-state index contributed by atoms with van der Waals surface area (Å²) in [5.41, 5.74) is 2.20. The highest BCUT2D eigenvalue weighted by Crippen LogP contribution is 2.09. The zero-order valence-corrected chi connectivity index (χ0v) is 14.9. The number of phenolic OH excluding ortho intramolecular Hbond substituents is 1. The van der Waals surface area contributed by atoms with Gasteiger partial charge in [-0.15, -0.1) is 0 Å². The molecule has 0 heterocycles. The Morgan fingerprint density at radius 1 is 0.864 bits per heavy atom. The molecule has 1 N–H and O–H groups in total. The summed E-state index contributed by atoms with van der Waals surface area (Å²) in [6.45, 7) is 0. The van der Waals surface area contributed by atoms with E-state index in [0.29, 0.717) is 5.75 Å². The van der Waals surface area contributed by atoms with E-state index in [9.17, 15) is 9.32 Å². The van der Waals surface area contributed by atoms with Crippen molar-refractivity contribution in [1.82, 2.24) is 0 Å². The Hall–Kier alpha value is -0.181. The van der Waals surface area contributed by atoms with Crippen LogP contribution in [0, 0.1) is 0 Å². The minimum atomic E-state index is -0.607. The first-order valence-corrected chi connectivity index (χ1v) is 10.5. The summed E-state index contributed by atoms with van der Waals surface area (Å²) in [6.07, 6.45) is 2.92. The van der Waals surface area contributed by atoms with Gasteiger partial charge in [0.15, 0.2) is 0 Å². The molecule has 0 amide bonds. The normalized spacial score (nSPS) is 10.6. The molecule has 0 saturated heterocycles. The second-order valence-corrected chi connectivity index (χ2v) is 7.78. The average Bonchev–Trinajstić information content (AvgIpc) is 2.50. The predicted octanol–water partition coefficient (Wildman–Crippen LogP) is -5.17. The van der Waals surface area contributed by atoms with Gasteiger partial charge >= 0.3 is 0 Å². The third-order valence-electron chi connectivity index (χ3n) is 4.08. The van der Waals surface area contributed by atoms with Crippen molar-refractivity contribution >= 4 is 81.6 Å². The van der Waals surface area contributed by atoms with Crippen LogP contribution in [-0.2, 0) is 17.1 Å². The van der Waals surface area contributed by atoms with E-state index in [0.717, 1.165) is 19.1 Å². The lowest BCUT2D eigenvalue weighted by Crippen LogP contribution is -2.33. The third kappa shape index (κ3) is 11.4. The van der Waals surface area contributed by atoms with E-state index in [4.69, 9.17) is 0 Å². The number of benzene rings is 1. The maximum absolute atomic E-state index is 10.9. The summed E-state index contributed by atoms with van der Waals surface area (Å²) < 4.78 is 10.9. The van der Waals surface area contributed by atoms with E-state index < -0.39 is 10.8 Å². The molecule has 0 aromatic heterocycles. The van der Waals surface area contributed by atoms with Gasteiger partial charge in [-0.3, -0.25) is 4.21 Å². The first-order chi connectivity index (χ1) is 10.7. The number of hydrogen-bond acceptors (Lipinski definition) is 2. The minimum absolute atomic E-state index is 0.353. The van der Waals surface area contributed by atoms with Gasteiger partial charge in [-0.25, -0.2) is 0 Å². The zero-order valence-electron chi connectivity index (χ0n) is 14.1. The van der Waals surface area contributed by atoms with Gasteiger partial charge < -0.3 is 5.11 Å². The van der Waals surface area contributed by atoms with E-state index in [2.05, 4.69) is 0 Å². The van der Waals surface area contributed by atoms with Gasteiger partial charge in [0.05, 0.1) is 14.3 Å². The number of hydrogen-bond donors (Lipinski definition) is 1. The van der Waals surface area contributed by atoms with Crippen LogP contribution in [-0.4, -0.2) is 92.1 Å². The summed E-state index contributed by atoms with van der Waals surface area (Å²) in [5, 5.41) is 9.23. The van der Waals surface area contributed by atoms with Gasteiger partial charge in [-0.1, -0.05) is 24.0 Å². The molecule has 106 valence electrons. The number of rotatable bonds is 13. The largest absolute Gasteiger partial charge is 0.508 e. The molecule has 0 fully saturated rings. The molecular formula is C9H22B10O2S. The highest BCUT2D eigenvalue weighted by atomic mass is 32.2. The summed E-state index contributed by atoms with van der Waals surface area (Å²) in [6, 6.07) is 7.58. The average molecular weight is 302 g/mol. The molecule has 1 atom stereocenters. The van der Waals surface area contributed by atoms with Crippen molar-refractivity contribution in [1.29, 1.82) is 0 Å². The Morgan fingerprint density at radius 2 is 1.36 bits per heavy atom. The first kappa shape index (κ1) is 19.9. The fraction of sp³-hybridized carbons (Fsp3) is 0.333. The highest BCUT2D eigenvalue weighted by molar-refractivity contribution is 7.86. The standard InChI is InChI=1S/C9H22B10O2S/c1-22(21)7-11-13-15-17-19-18-16-14-12-10-6-8-2-4-9(20)5-3-8/h2-5,10-20H,6-7H2,1H3. The van der Waals surface area contributed by atoms with Crippen LogP contribution in [0.15, 0.2) is 24.3 Å². The Balaban J connectivity index is 1.82. The molecule has 0 bridgehead atoms. The molecule has 2 nitrogen and oxygen atoms in total. The van der Waals surface area contributed by atoms with Crippen LogP contribution in [0.1, 0.15) is 5.56 Å².